The van der Waals surface area contributed by atoms with Gasteiger partial charge in [0.25, 0.3) is 0 Å². The number of rotatable bonds is 7. The van der Waals surface area contributed by atoms with Gasteiger partial charge in [-0.1, -0.05) is 36.4 Å². The summed E-state index contributed by atoms with van der Waals surface area (Å²) in [4.78, 5) is 10.8. The average Bonchev–Trinajstić information content (AvgIpc) is 3.47. The zero-order valence-corrected chi connectivity index (χ0v) is 18.0. The Labute approximate surface area is 185 Å². The normalized spacial score (nSPS) is 11.7. The average molecular weight is 428 g/mol. The van der Waals surface area contributed by atoms with Gasteiger partial charge in [-0.3, -0.25) is 0 Å². The molecule has 0 spiro atoms. The molecule has 0 saturated heterocycles. The first kappa shape index (κ1) is 20.2. The van der Waals surface area contributed by atoms with Crippen molar-refractivity contribution >= 4 is 27.8 Å². The number of aromatic nitrogens is 2. The lowest BCUT2D eigenvalue weighted by Gasteiger charge is -2.14. The van der Waals surface area contributed by atoms with E-state index >= 15 is 0 Å². The number of aliphatic carboxylic acids is 1. The maximum absolute atomic E-state index is 10.8. The first-order valence-corrected chi connectivity index (χ1v) is 10.5. The highest BCUT2D eigenvalue weighted by atomic mass is 16.5. The molecule has 6 heteroatoms. The fourth-order valence-corrected chi connectivity index (χ4v) is 4.55. The van der Waals surface area contributed by atoms with E-state index in [1.807, 2.05) is 24.3 Å². The third-order valence-corrected chi connectivity index (χ3v) is 5.91. The van der Waals surface area contributed by atoms with Crippen LogP contribution in [-0.2, 0) is 30.2 Å². The molecule has 0 aliphatic heterocycles. The van der Waals surface area contributed by atoms with Gasteiger partial charge >= 0.3 is 5.97 Å². The van der Waals surface area contributed by atoms with E-state index in [2.05, 4.69) is 72.0 Å². The molecule has 6 nitrogen and oxygen atoms in total. The fourth-order valence-electron chi connectivity index (χ4n) is 4.55. The molecule has 5 rings (SSSR count). The molecule has 0 saturated carbocycles. The molecule has 1 N–H and O–H groups in total. The molecular weight excluding hydrogens is 404 g/mol. The summed E-state index contributed by atoms with van der Waals surface area (Å²) in [7, 11) is 4.11. The van der Waals surface area contributed by atoms with Crippen LogP contribution in [-0.4, -0.2) is 26.8 Å². The monoisotopic (exact) mass is 428 g/mol. The van der Waals surface area contributed by atoms with Gasteiger partial charge in [0.15, 0.2) is 0 Å². The number of para-hydroxylation sites is 2. The van der Waals surface area contributed by atoms with Crippen LogP contribution in [0.1, 0.15) is 28.6 Å². The van der Waals surface area contributed by atoms with Gasteiger partial charge in [-0.15, -0.1) is 0 Å². The van der Waals surface area contributed by atoms with E-state index in [4.69, 9.17) is 14.3 Å². The lowest BCUT2D eigenvalue weighted by molar-refractivity contribution is -0.142. The molecule has 3 aromatic heterocycles. The van der Waals surface area contributed by atoms with Crippen LogP contribution in [0.5, 0.6) is 0 Å². The highest BCUT2D eigenvalue weighted by Crippen LogP contribution is 2.41. The number of carbonyl (C=O) groups is 1. The molecule has 5 aromatic rings. The summed E-state index contributed by atoms with van der Waals surface area (Å²) >= 11 is 0. The van der Waals surface area contributed by atoms with E-state index in [1.54, 1.807) is 0 Å². The number of benzene rings is 2. The van der Waals surface area contributed by atoms with Crippen LogP contribution in [0.4, 0.5) is 0 Å². The number of carboxylic acids is 1. The standard InChI is InChI=1S/C26H24N2O4/c1-27-13-20(18-7-3-5-9-22(18)27)26(21-14-28(2)23-10-6-4-8-19(21)23)24-12-11-17(32-24)15-31-16-25(29)30/h3-14,26H,15-16H2,1-2H3,(H,29,30). The van der Waals surface area contributed by atoms with Crippen LogP contribution in [0.15, 0.2) is 77.5 Å². The second-order valence-electron chi connectivity index (χ2n) is 8.05. The van der Waals surface area contributed by atoms with E-state index < -0.39 is 5.97 Å². The van der Waals surface area contributed by atoms with Crippen molar-refractivity contribution in [2.75, 3.05) is 6.61 Å². The number of fused-ring (bicyclic) bond motifs is 2. The Kier molecular flexibility index (Phi) is 5.07. The minimum absolute atomic E-state index is 0.115. The number of aryl methyl sites for hydroxylation is 2. The van der Waals surface area contributed by atoms with E-state index in [1.165, 1.54) is 10.8 Å². The van der Waals surface area contributed by atoms with Crippen molar-refractivity contribution in [1.82, 2.24) is 9.13 Å². The van der Waals surface area contributed by atoms with Crippen LogP contribution >= 0.6 is 0 Å². The van der Waals surface area contributed by atoms with Gasteiger partial charge in [-0.25, -0.2) is 4.79 Å². The Bertz CT molecular complexity index is 1340. The Hall–Kier alpha value is -3.77. The summed E-state index contributed by atoms with van der Waals surface area (Å²) in [5.74, 6) is 0.278. The molecule has 2 aromatic carbocycles. The summed E-state index contributed by atoms with van der Waals surface area (Å²) in [6, 6.07) is 20.5. The van der Waals surface area contributed by atoms with Crippen LogP contribution in [0.25, 0.3) is 21.8 Å². The molecule has 0 radical (unpaired) electrons. The Morgan fingerprint density at radius 2 is 1.47 bits per heavy atom. The molecule has 0 fully saturated rings. The fraction of sp³-hybridized carbons (Fsp3) is 0.192. The van der Waals surface area contributed by atoms with E-state index in [9.17, 15) is 4.79 Å². The minimum Gasteiger partial charge on any atom is -0.480 e. The molecule has 0 bridgehead atoms. The highest BCUT2D eigenvalue weighted by molar-refractivity contribution is 5.89. The zero-order chi connectivity index (χ0) is 22.2. The lowest BCUT2D eigenvalue weighted by Crippen LogP contribution is -2.06. The molecule has 3 heterocycles. The molecule has 162 valence electrons. The SMILES string of the molecule is Cn1cc(C(c2ccc(COCC(=O)O)o2)c2cn(C)c3ccccc23)c2ccccc21. The van der Waals surface area contributed by atoms with Crippen molar-refractivity contribution in [3.8, 4) is 0 Å². The van der Waals surface area contributed by atoms with Crippen LogP contribution < -0.4 is 0 Å². The van der Waals surface area contributed by atoms with E-state index in [0.29, 0.717) is 5.76 Å². The van der Waals surface area contributed by atoms with Gasteiger partial charge in [0.05, 0.1) is 5.92 Å². The number of ether oxygens (including phenoxy) is 1. The van der Waals surface area contributed by atoms with Crippen molar-refractivity contribution in [3.63, 3.8) is 0 Å². The van der Waals surface area contributed by atoms with Crippen LogP contribution in [0.2, 0.25) is 0 Å². The highest BCUT2D eigenvalue weighted by Gasteiger charge is 2.27. The van der Waals surface area contributed by atoms with Gasteiger partial charge in [0.1, 0.15) is 24.7 Å². The van der Waals surface area contributed by atoms with Crippen molar-refractivity contribution in [2.45, 2.75) is 12.5 Å². The minimum atomic E-state index is -0.999. The largest absolute Gasteiger partial charge is 0.480 e. The van der Waals surface area contributed by atoms with Gasteiger partial charge in [0, 0.05) is 48.3 Å². The number of hydrogen-bond acceptors (Lipinski definition) is 3. The number of furan rings is 1. The summed E-state index contributed by atoms with van der Waals surface area (Å²) in [5, 5.41) is 11.2. The molecule has 0 atom stereocenters. The quantitative estimate of drug-likeness (QED) is 0.394. The van der Waals surface area contributed by atoms with Crippen molar-refractivity contribution < 1.29 is 19.1 Å². The van der Waals surface area contributed by atoms with Gasteiger partial charge in [-0.2, -0.15) is 0 Å². The Morgan fingerprint density at radius 1 is 0.906 bits per heavy atom. The summed E-state index contributed by atoms with van der Waals surface area (Å²) < 4.78 is 15.7. The summed E-state index contributed by atoms with van der Waals surface area (Å²) in [6.07, 6.45) is 4.33. The predicted octanol–water partition coefficient (Wildman–Crippen LogP) is 5.04. The van der Waals surface area contributed by atoms with Crippen molar-refractivity contribution in [1.29, 1.82) is 0 Å². The molecule has 0 unspecified atom stereocenters. The van der Waals surface area contributed by atoms with Crippen LogP contribution in [0.3, 0.4) is 0 Å². The van der Waals surface area contributed by atoms with Crippen molar-refractivity contribution in [2.24, 2.45) is 14.1 Å². The molecule has 0 amide bonds. The third kappa shape index (κ3) is 3.48. The zero-order valence-electron chi connectivity index (χ0n) is 18.0. The maximum atomic E-state index is 10.8. The second kappa shape index (κ2) is 8.05. The first-order valence-electron chi connectivity index (χ1n) is 10.5. The Morgan fingerprint density at radius 3 is 2.03 bits per heavy atom. The topological polar surface area (TPSA) is 69.5 Å². The third-order valence-electron chi connectivity index (χ3n) is 5.91. The smallest absolute Gasteiger partial charge is 0.329 e. The molecule has 32 heavy (non-hydrogen) atoms. The first-order chi connectivity index (χ1) is 15.5. The van der Waals surface area contributed by atoms with Gasteiger partial charge in [0.2, 0.25) is 0 Å². The second-order valence-corrected chi connectivity index (χ2v) is 8.05. The van der Waals surface area contributed by atoms with Crippen molar-refractivity contribution in [3.05, 3.63) is 95.7 Å². The number of carboxylic acid groups (broad SMARTS) is 1. The lowest BCUT2D eigenvalue weighted by atomic mass is 9.88. The maximum Gasteiger partial charge on any atom is 0.329 e. The summed E-state index contributed by atoms with van der Waals surface area (Å²) in [5.41, 5.74) is 4.63. The van der Waals surface area contributed by atoms with Crippen LogP contribution in [0, 0.1) is 0 Å². The predicted molar refractivity (Wildman–Crippen MR) is 123 cm³/mol. The Balaban J connectivity index is 1.66. The summed E-state index contributed by atoms with van der Waals surface area (Å²) in [6.45, 7) is -0.240. The van der Waals surface area contributed by atoms with E-state index in [-0.39, 0.29) is 19.1 Å². The van der Waals surface area contributed by atoms with Gasteiger partial charge < -0.3 is 23.4 Å². The van der Waals surface area contributed by atoms with Gasteiger partial charge in [-0.05, 0) is 35.4 Å². The molecule has 0 aliphatic carbocycles. The molecular formula is C26H24N2O4. The number of hydrogen-bond donors (Lipinski definition) is 1. The molecule has 0 aliphatic rings. The number of nitrogens with zero attached hydrogens (tertiary/aromatic N) is 2. The van der Waals surface area contributed by atoms with E-state index in [0.717, 1.165) is 27.9 Å².